The second kappa shape index (κ2) is 9.77. The summed E-state index contributed by atoms with van der Waals surface area (Å²) in [6.07, 6.45) is 0. The zero-order chi connectivity index (χ0) is 14.0. The average molecular weight is 264 g/mol. The molecule has 0 atom stereocenters. The van der Waals surface area contributed by atoms with E-state index in [0.717, 1.165) is 0 Å². The molecule has 0 aliphatic rings. The number of aliphatic carboxylic acids is 2. The fourth-order valence-corrected chi connectivity index (χ4v) is 1.49. The summed E-state index contributed by atoms with van der Waals surface area (Å²) in [6, 6.07) is 0. The summed E-state index contributed by atoms with van der Waals surface area (Å²) in [6.45, 7) is 0.332. The molecule has 8 nitrogen and oxygen atoms in total. The standard InChI is InChI=1S/C10H20N2O6/c13-5-3-11(7-9(15)16)1-2-12(4-6-14)8-10(17)18/h13-14H,1-8H2,(H,15,16)(H,17,18). The highest BCUT2D eigenvalue weighted by molar-refractivity contribution is 5.69. The quantitative estimate of drug-likeness (QED) is 0.330. The van der Waals surface area contributed by atoms with Gasteiger partial charge in [-0.15, -0.1) is 0 Å². The Morgan fingerprint density at radius 3 is 1.28 bits per heavy atom. The Kier molecular flexibility index (Phi) is 9.11. The number of carboxylic acid groups (broad SMARTS) is 2. The van der Waals surface area contributed by atoms with Crippen LogP contribution in [0.3, 0.4) is 0 Å². The zero-order valence-electron chi connectivity index (χ0n) is 10.2. The Bertz CT molecular complexity index is 235. The van der Waals surface area contributed by atoms with Gasteiger partial charge in [-0.3, -0.25) is 19.4 Å². The van der Waals surface area contributed by atoms with E-state index in [2.05, 4.69) is 0 Å². The van der Waals surface area contributed by atoms with Gasteiger partial charge in [-0.1, -0.05) is 0 Å². The van der Waals surface area contributed by atoms with E-state index in [-0.39, 0.29) is 39.4 Å². The maximum atomic E-state index is 10.6. The lowest BCUT2D eigenvalue weighted by molar-refractivity contribution is -0.140. The van der Waals surface area contributed by atoms with Crippen molar-refractivity contribution in [2.75, 3.05) is 52.5 Å². The Balaban J connectivity index is 4.16. The largest absolute Gasteiger partial charge is 0.480 e. The molecule has 0 spiro atoms. The van der Waals surface area contributed by atoms with Gasteiger partial charge in [0.2, 0.25) is 0 Å². The average Bonchev–Trinajstić information content (AvgIpc) is 2.24. The van der Waals surface area contributed by atoms with Gasteiger partial charge in [0.15, 0.2) is 0 Å². The van der Waals surface area contributed by atoms with Crippen molar-refractivity contribution in [1.82, 2.24) is 9.80 Å². The third-order valence-corrected chi connectivity index (χ3v) is 2.28. The van der Waals surface area contributed by atoms with Crippen molar-refractivity contribution in [3.05, 3.63) is 0 Å². The fraction of sp³-hybridized carbons (Fsp3) is 0.800. The second-order valence-corrected chi connectivity index (χ2v) is 3.79. The monoisotopic (exact) mass is 264 g/mol. The van der Waals surface area contributed by atoms with E-state index < -0.39 is 11.9 Å². The van der Waals surface area contributed by atoms with Crippen molar-refractivity contribution in [2.24, 2.45) is 0 Å². The van der Waals surface area contributed by atoms with Crippen LogP contribution in [0.4, 0.5) is 0 Å². The lowest BCUT2D eigenvalue weighted by Gasteiger charge is -2.24. The van der Waals surface area contributed by atoms with Gasteiger partial charge in [0, 0.05) is 26.2 Å². The van der Waals surface area contributed by atoms with Gasteiger partial charge in [0.25, 0.3) is 0 Å². The van der Waals surface area contributed by atoms with E-state index in [4.69, 9.17) is 20.4 Å². The molecule has 8 heteroatoms. The highest BCUT2D eigenvalue weighted by atomic mass is 16.4. The summed E-state index contributed by atoms with van der Waals surface area (Å²) in [5, 5.41) is 34.9. The highest BCUT2D eigenvalue weighted by Gasteiger charge is 2.13. The molecule has 0 aromatic rings. The van der Waals surface area contributed by atoms with Gasteiger partial charge in [0.1, 0.15) is 0 Å². The Morgan fingerprint density at radius 2 is 1.06 bits per heavy atom. The number of nitrogens with zero attached hydrogens (tertiary/aromatic N) is 2. The Hall–Kier alpha value is -1.22. The first-order chi connectivity index (χ1) is 8.49. The Labute approximate surface area is 105 Å². The molecule has 0 aliphatic heterocycles. The third-order valence-electron chi connectivity index (χ3n) is 2.28. The summed E-state index contributed by atoms with van der Waals surface area (Å²) < 4.78 is 0. The zero-order valence-corrected chi connectivity index (χ0v) is 10.2. The SMILES string of the molecule is O=C(O)CN(CCO)CCN(CCO)CC(=O)O. The van der Waals surface area contributed by atoms with Crippen molar-refractivity contribution in [2.45, 2.75) is 0 Å². The van der Waals surface area contributed by atoms with E-state index in [9.17, 15) is 9.59 Å². The molecule has 0 unspecified atom stereocenters. The smallest absolute Gasteiger partial charge is 0.317 e. The van der Waals surface area contributed by atoms with E-state index in [0.29, 0.717) is 13.1 Å². The van der Waals surface area contributed by atoms with Crippen LogP contribution < -0.4 is 0 Å². The fourth-order valence-electron chi connectivity index (χ4n) is 1.49. The molecular weight excluding hydrogens is 244 g/mol. The molecule has 0 aliphatic carbocycles. The Morgan fingerprint density at radius 1 is 0.722 bits per heavy atom. The topological polar surface area (TPSA) is 122 Å². The molecule has 0 heterocycles. The molecule has 0 saturated heterocycles. The molecule has 0 rings (SSSR count). The normalized spacial score (nSPS) is 11.1. The molecule has 0 aromatic carbocycles. The maximum Gasteiger partial charge on any atom is 0.317 e. The summed E-state index contributed by atoms with van der Waals surface area (Å²) in [4.78, 5) is 24.1. The lowest BCUT2D eigenvalue weighted by atomic mass is 10.4. The summed E-state index contributed by atoms with van der Waals surface area (Å²) in [5.41, 5.74) is 0. The van der Waals surface area contributed by atoms with Gasteiger partial charge < -0.3 is 20.4 Å². The molecule has 106 valence electrons. The number of hydrogen-bond acceptors (Lipinski definition) is 6. The van der Waals surface area contributed by atoms with Crippen molar-refractivity contribution in [3.8, 4) is 0 Å². The van der Waals surface area contributed by atoms with Crippen LogP contribution in [-0.4, -0.2) is 94.6 Å². The molecule has 0 bridgehead atoms. The molecule has 0 radical (unpaired) electrons. The summed E-state index contributed by atoms with van der Waals surface area (Å²) in [7, 11) is 0. The van der Waals surface area contributed by atoms with Crippen molar-refractivity contribution < 1.29 is 30.0 Å². The predicted molar refractivity (Wildman–Crippen MR) is 62.3 cm³/mol. The van der Waals surface area contributed by atoms with Gasteiger partial charge in [0.05, 0.1) is 26.3 Å². The van der Waals surface area contributed by atoms with Gasteiger partial charge in [-0.2, -0.15) is 0 Å². The molecule has 18 heavy (non-hydrogen) atoms. The number of rotatable bonds is 11. The van der Waals surface area contributed by atoms with Crippen molar-refractivity contribution >= 4 is 11.9 Å². The number of aliphatic hydroxyl groups excluding tert-OH is 2. The first kappa shape index (κ1) is 16.8. The number of aliphatic hydroxyl groups is 2. The van der Waals surface area contributed by atoms with Crippen LogP contribution in [0, 0.1) is 0 Å². The van der Waals surface area contributed by atoms with Crippen LogP contribution >= 0.6 is 0 Å². The van der Waals surface area contributed by atoms with Crippen molar-refractivity contribution in [1.29, 1.82) is 0 Å². The van der Waals surface area contributed by atoms with Crippen LogP contribution in [-0.2, 0) is 9.59 Å². The van der Waals surface area contributed by atoms with Crippen LogP contribution in [0.15, 0.2) is 0 Å². The predicted octanol–water partition coefficient (Wildman–Crippen LogP) is -2.26. The first-order valence-corrected chi connectivity index (χ1v) is 5.59. The summed E-state index contributed by atoms with van der Waals surface area (Å²) in [5.74, 6) is -2.01. The number of hydrogen-bond donors (Lipinski definition) is 4. The summed E-state index contributed by atoms with van der Waals surface area (Å²) >= 11 is 0. The van der Waals surface area contributed by atoms with E-state index in [1.165, 1.54) is 9.80 Å². The third kappa shape index (κ3) is 8.88. The minimum Gasteiger partial charge on any atom is -0.480 e. The molecule has 0 fully saturated rings. The minimum absolute atomic E-state index is 0.161. The molecular formula is C10H20N2O6. The van der Waals surface area contributed by atoms with Gasteiger partial charge in [-0.05, 0) is 0 Å². The number of carboxylic acids is 2. The highest BCUT2D eigenvalue weighted by Crippen LogP contribution is 1.93. The molecule has 4 N–H and O–H groups in total. The van der Waals surface area contributed by atoms with Crippen LogP contribution in [0.2, 0.25) is 0 Å². The van der Waals surface area contributed by atoms with E-state index >= 15 is 0 Å². The van der Waals surface area contributed by atoms with E-state index in [1.807, 2.05) is 0 Å². The second-order valence-electron chi connectivity index (χ2n) is 3.79. The molecule has 0 aromatic heterocycles. The van der Waals surface area contributed by atoms with Crippen LogP contribution in [0.25, 0.3) is 0 Å². The maximum absolute atomic E-state index is 10.6. The molecule has 0 saturated carbocycles. The first-order valence-electron chi connectivity index (χ1n) is 5.59. The minimum atomic E-state index is -1.00. The van der Waals surface area contributed by atoms with Gasteiger partial charge in [-0.25, -0.2) is 0 Å². The van der Waals surface area contributed by atoms with Crippen LogP contribution in [0.1, 0.15) is 0 Å². The van der Waals surface area contributed by atoms with Crippen molar-refractivity contribution in [3.63, 3.8) is 0 Å². The number of carbonyl (C=O) groups is 2. The van der Waals surface area contributed by atoms with E-state index in [1.54, 1.807) is 0 Å². The lowest BCUT2D eigenvalue weighted by Crippen LogP contribution is -2.41. The molecule has 0 amide bonds. The van der Waals surface area contributed by atoms with Gasteiger partial charge >= 0.3 is 11.9 Å². The van der Waals surface area contributed by atoms with Crippen LogP contribution in [0.5, 0.6) is 0 Å².